The van der Waals surface area contributed by atoms with Crippen molar-refractivity contribution in [2.24, 2.45) is 0 Å². The number of rotatable bonds is 4. The molecule has 0 aromatic carbocycles. The number of carboxylic acid groups (broad SMARTS) is 1. The second kappa shape index (κ2) is 5.73. The fraction of sp³-hybridized carbons (Fsp3) is 0.583. The summed E-state index contributed by atoms with van der Waals surface area (Å²) in [6.45, 7) is 0.182. The highest BCUT2D eigenvalue weighted by Crippen LogP contribution is 2.28. The normalized spacial score (nSPS) is 17.7. The van der Waals surface area contributed by atoms with Crippen LogP contribution in [0.1, 0.15) is 37.9 Å². The van der Waals surface area contributed by atoms with E-state index in [1.165, 1.54) is 6.20 Å². The van der Waals surface area contributed by atoms with Crippen LogP contribution in [-0.2, 0) is 11.3 Å². The van der Waals surface area contributed by atoms with Crippen molar-refractivity contribution in [3.8, 4) is 0 Å². The van der Waals surface area contributed by atoms with Gasteiger partial charge in [0.2, 0.25) is 0 Å². The summed E-state index contributed by atoms with van der Waals surface area (Å²) in [6, 6.07) is 1.13. The van der Waals surface area contributed by atoms with Crippen molar-refractivity contribution in [2.75, 3.05) is 0 Å². The largest absolute Gasteiger partial charge is 0.480 e. The zero-order chi connectivity index (χ0) is 13.7. The Morgan fingerprint density at radius 1 is 1.37 bits per heavy atom. The molecule has 7 heteroatoms. The van der Waals surface area contributed by atoms with E-state index in [1.54, 1.807) is 6.07 Å². The number of amides is 2. The molecule has 104 valence electrons. The van der Waals surface area contributed by atoms with Gasteiger partial charge in [0.15, 0.2) is 5.76 Å². The highest BCUT2D eigenvalue weighted by Gasteiger charge is 2.40. The number of hydrogen-bond donors (Lipinski definition) is 3. The van der Waals surface area contributed by atoms with Gasteiger partial charge in [0, 0.05) is 6.07 Å². The number of carbonyl (C=O) groups is 2. The van der Waals surface area contributed by atoms with E-state index < -0.39 is 17.5 Å². The fourth-order valence-corrected chi connectivity index (χ4v) is 2.31. The van der Waals surface area contributed by atoms with Crippen molar-refractivity contribution in [1.29, 1.82) is 0 Å². The van der Waals surface area contributed by atoms with Crippen molar-refractivity contribution in [3.05, 3.63) is 18.0 Å². The van der Waals surface area contributed by atoms with Gasteiger partial charge in [-0.15, -0.1) is 0 Å². The van der Waals surface area contributed by atoms with Crippen molar-refractivity contribution < 1.29 is 19.2 Å². The van der Waals surface area contributed by atoms with Crippen molar-refractivity contribution >= 4 is 12.0 Å². The van der Waals surface area contributed by atoms with Gasteiger partial charge in [-0.3, -0.25) is 0 Å². The molecule has 0 saturated heterocycles. The summed E-state index contributed by atoms with van der Waals surface area (Å²) in [6.07, 6.45) is 5.06. The van der Waals surface area contributed by atoms with E-state index in [9.17, 15) is 14.7 Å². The van der Waals surface area contributed by atoms with Gasteiger partial charge in [0.1, 0.15) is 5.54 Å². The van der Waals surface area contributed by atoms with E-state index >= 15 is 0 Å². The first-order valence-electron chi connectivity index (χ1n) is 6.31. The molecular weight excluding hydrogens is 250 g/mol. The summed E-state index contributed by atoms with van der Waals surface area (Å²) < 4.78 is 4.84. The summed E-state index contributed by atoms with van der Waals surface area (Å²) in [7, 11) is 0. The number of carbonyl (C=O) groups excluding carboxylic acids is 1. The van der Waals surface area contributed by atoms with Gasteiger partial charge in [-0.25, -0.2) is 9.59 Å². The second-order valence-electron chi connectivity index (χ2n) is 4.73. The van der Waals surface area contributed by atoms with E-state index in [4.69, 9.17) is 4.52 Å². The van der Waals surface area contributed by atoms with Crippen LogP contribution in [0.15, 0.2) is 16.8 Å². The molecule has 1 fully saturated rings. The molecule has 0 bridgehead atoms. The van der Waals surface area contributed by atoms with Gasteiger partial charge < -0.3 is 20.3 Å². The summed E-state index contributed by atoms with van der Waals surface area (Å²) in [5.41, 5.74) is -1.14. The predicted octanol–water partition coefficient (Wildman–Crippen LogP) is 1.26. The predicted molar refractivity (Wildman–Crippen MR) is 65.3 cm³/mol. The molecule has 2 amide bonds. The lowest BCUT2D eigenvalue weighted by Gasteiger charge is -2.33. The Balaban J connectivity index is 1.90. The highest BCUT2D eigenvalue weighted by atomic mass is 16.5. The Hall–Kier alpha value is -2.05. The molecule has 1 aromatic heterocycles. The molecule has 0 aliphatic heterocycles. The van der Waals surface area contributed by atoms with E-state index in [-0.39, 0.29) is 6.54 Å². The van der Waals surface area contributed by atoms with E-state index in [1.807, 2.05) is 0 Å². The molecule has 1 aromatic rings. The first-order valence-corrected chi connectivity index (χ1v) is 6.31. The summed E-state index contributed by atoms with van der Waals surface area (Å²) in [5, 5.41) is 18.0. The standard InChI is InChI=1S/C12H17N3O4/c16-10(17)12(5-2-1-3-6-12)15-11(18)13-8-9-4-7-14-19-9/h4,7H,1-3,5-6,8H2,(H,16,17)(H2,13,15,18). The summed E-state index contributed by atoms with van der Waals surface area (Å²) in [5.74, 6) is -0.454. The number of aliphatic carboxylic acids is 1. The Morgan fingerprint density at radius 2 is 2.11 bits per heavy atom. The number of carboxylic acids is 1. The maximum Gasteiger partial charge on any atom is 0.329 e. The number of nitrogens with zero attached hydrogens (tertiary/aromatic N) is 1. The van der Waals surface area contributed by atoms with Crippen LogP contribution in [0.3, 0.4) is 0 Å². The maximum atomic E-state index is 11.8. The molecule has 2 rings (SSSR count). The number of hydrogen-bond acceptors (Lipinski definition) is 4. The van der Waals surface area contributed by atoms with Crippen LogP contribution in [0.5, 0.6) is 0 Å². The first kappa shape index (κ1) is 13.4. The lowest BCUT2D eigenvalue weighted by atomic mass is 9.82. The molecule has 0 atom stereocenters. The average Bonchev–Trinajstić information content (AvgIpc) is 2.90. The van der Waals surface area contributed by atoms with Crippen LogP contribution in [0.4, 0.5) is 4.79 Å². The summed E-state index contributed by atoms with van der Waals surface area (Å²) >= 11 is 0. The van der Waals surface area contributed by atoms with Crippen molar-refractivity contribution in [2.45, 2.75) is 44.2 Å². The third-order valence-electron chi connectivity index (χ3n) is 3.38. The van der Waals surface area contributed by atoms with Gasteiger partial charge in [-0.2, -0.15) is 0 Å². The minimum absolute atomic E-state index is 0.182. The Kier molecular flexibility index (Phi) is 4.03. The zero-order valence-corrected chi connectivity index (χ0v) is 10.5. The lowest BCUT2D eigenvalue weighted by molar-refractivity contribution is -0.145. The first-order chi connectivity index (χ1) is 9.12. The fourth-order valence-electron chi connectivity index (χ4n) is 2.31. The Bertz CT molecular complexity index is 438. The van der Waals surface area contributed by atoms with Crippen LogP contribution in [0, 0.1) is 0 Å². The van der Waals surface area contributed by atoms with Crippen LogP contribution in [0.2, 0.25) is 0 Å². The van der Waals surface area contributed by atoms with E-state index in [0.29, 0.717) is 18.6 Å². The molecule has 1 saturated carbocycles. The minimum Gasteiger partial charge on any atom is -0.480 e. The SMILES string of the molecule is O=C(NCc1ccno1)NC1(C(=O)O)CCCCC1. The molecule has 1 aliphatic carbocycles. The smallest absolute Gasteiger partial charge is 0.329 e. The minimum atomic E-state index is -1.14. The van der Waals surface area contributed by atoms with Crippen LogP contribution in [0.25, 0.3) is 0 Å². The van der Waals surface area contributed by atoms with Gasteiger partial charge in [0.05, 0.1) is 12.7 Å². The molecule has 7 nitrogen and oxygen atoms in total. The van der Waals surface area contributed by atoms with E-state index in [2.05, 4.69) is 15.8 Å². The highest BCUT2D eigenvalue weighted by molar-refractivity contribution is 5.86. The third kappa shape index (κ3) is 3.24. The van der Waals surface area contributed by atoms with Gasteiger partial charge in [0.25, 0.3) is 0 Å². The summed E-state index contributed by atoms with van der Waals surface area (Å²) in [4.78, 5) is 23.1. The Labute approximate surface area is 110 Å². The second-order valence-corrected chi connectivity index (χ2v) is 4.73. The van der Waals surface area contributed by atoms with Crippen molar-refractivity contribution in [3.63, 3.8) is 0 Å². The maximum absolute atomic E-state index is 11.8. The number of nitrogens with one attached hydrogen (secondary N) is 2. The van der Waals surface area contributed by atoms with Gasteiger partial charge in [-0.05, 0) is 12.8 Å². The van der Waals surface area contributed by atoms with Crippen LogP contribution in [-0.4, -0.2) is 27.8 Å². The monoisotopic (exact) mass is 267 g/mol. The number of urea groups is 1. The molecule has 0 spiro atoms. The lowest BCUT2D eigenvalue weighted by Crippen LogP contribution is -2.57. The topological polar surface area (TPSA) is 104 Å². The molecule has 1 heterocycles. The van der Waals surface area contributed by atoms with Gasteiger partial charge in [-0.1, -0.05) is 24.4 Å². The van der Waals surface area contributed by atoms with Gasteiger partial charge >= 0.3 is 12.0 Å². The average molecular weight is 267 g/mol. The van der Waals surface area contributed by atoms with Crippen LogP contribution < -0.4 is 10.6 Å². The molecule has 19 heavy (non-hydrogen) atoms. The zero-order valence-electron chi connectivity index (χ0n) is 10.5. The van der Waals surface area contributed by atoms with Crippen molar-refractivity contribution in [1.82, 2.24) is 15.8 Å². The van der Waals surface area contributed by atoms with E-state index in [0.717, 1.165) is 19.3 Å². The molecule has 0 radical (unpaired) electrons. The quantitative estimate of drug-likeness (QED) is 0.761. The molecular formula is C12H17N3O4. The number of aromatic nitrogens is 1. The third-order valence-corrected chi connectivity index (χ3v) is 3.38. The van der Waals surface area contributed by atoms with Crippen LogP contribution >= 0.6 is 0 Å². The molecule has 0 unspecified atom stereocenters. The molecule has 1 aliphatic rings. The molecule has 3 N–H and O–H groups in total. The Morgan fingerprint density at radius 3 is 2.68 bits per heavy atom.